The van der Waals surface area contributed by atoms with E-state index in [1.54, 1.807) is 0 Å². The Morgan fingerprint density at radius 2 is 1.97 bits per heavy atom. The molecule has 206 valence electrons. The molecule has 2 aromatic rings. The highest BCUT2D eigenvalue weighted by atomic mass is 19.4. The van der Waals surface area contributed by atoms with E-state index in [0.29, 0.717) is 13.0 Å². The molecular weight excluding hydrogens is 505 g/mol. The lowest BCUT2D eigenvalue weighted by molar-refractivity contribution is -0.141. The number of fused-ring (bicyclic) bond motifs is 1. The molecule has 0 aliphatic carbocycles. The van der Waals surface area contributed by atoms with Gasteiger partial charge in [-0.3, -0.25) is 14.4 Å². The molecule has 12 heteroatoms. The first kappa shape index (κ1) is 29.0. The summed E-state index contributed by atoms with van der Waals surface area (Å²) in [5.41, 5.74) is -2.35. The Bertz CT molecular complexity index is 1270. The molecule has 3 atom stereocenters. The van der Waals surface area contributed by atoms with Gasteiger partial charge in [-0.2, -0.15) is 18.4 Å². The van der Waals surface area contributed by atoms with Crippen molar-refractivity contribution in [2.75, 3.05) is 6.54 Å². The fourth-order valence-electron chi connectivity index (χ4n) is 4.88. The summed E-state index contributed by atoms with van der Waals surface area (Å²) in [6.45, 7) is 7.38. The quantitative estimate of drug-likeness (QED) is 0.211. The number of carbonyl (C=O) groups excluding carboxylic acids is 3. The number of H-pyrrole nitrogens is 1. The third-order valence-electron chi connectivity index (χ3n) is 6.58. The minimum atomic E-state index is -4.97. The van der Waals surface area contributed by atoms with E-state index in [1.807, 2.05) is 26.8 Å². The molecule has 2 heterocycles. The van der Waals surface area contributed by atoms with Gasteiger partial charge in [0.2, 0.25) is 11.8 Å². The molecule has 1 saturated heterocycles. The van der Waals surface area contributed by atoms with Gasteiger partial charge in [0.25, 0.3) is 0 Å². The van der Waals surface area contributed by atoms with Gasteiger partial charge < -0.3 is 20.5 Å². The summed E-state index contributed by atoms with van der Waals surface area (Å²) in [6.07, 6.45) is -4.77. The number of halogens is 3. The van der Waals surface area contributed by atoms with E-state index in [2.05, 4.69) is 20.5 Å². The molecule has 0 spiro atoms. The lowest BCUT2D eigenvalue weighted by Crippen LogP contribution is -2.41. The summed E-state index contributed by atoms with van der Waals surface area (Å²) in [5, 5.41) is 23.6. The van der Waals surface area contributed by atoms with Crippen LogP contribution in [0.2, 0.25) is 0 Å². The number of aromatic amines is 1. The van der Waals surface area contributed by atoms with Gasteiger partial charge in [-0.25, -0.2) is 5.26 Å². The SMILES string of the molecule is Cc1ccc2[nH]c(C(=O)C[C@@H](CC(C)(C)C)C(=O)N[C@H](C#N)C[C@@H]3CCNC3=O)c(C(F)(F)F)c2c1OO. The van der Waals surface area contributed by atoms with Crippen molar-refractivity contribution < 1.29 is 37.7 Å². The maximum absolute atomic E-state index is 14.2. The maximum Gasteiger partial charge on any atom is 0.419 e. The lowest BCUT2D eigenvalue weighted by atomic mass is 9.81. The molecule has 3 rings (SSSR count). The van der Waals surface area contributed by atoms with Crippen LogP contribution in [-0.4, -0.2) is 40.4 Å². The third kappa shape index (κ3) is 6.45. The molecule has 1 aliphatic rings. The number of hydrogen-bond donors (Lipinski definition) is 4. The highest BCUT2D eigenvalue weighted by Crippen LogP contribution is 2.43. The fraction of sp³-hybridized carbons (Fsp3) is 0.538. The number of aryl methyl sites for hydroxylation is 1. The molecule has 0 unspecified atom stereocenters. The molecular formula is C26H31F3N4O5. The van der Waals surface area contributed by atoms with E-state index < -0.39 is 70.0 Å². The molecule has 0 radical (unpaired) electrons. The molecule has 1 aromatic heterocycles. The molecule has 0 saturated carbocycles. The molecule has 9 nitrogen and oxygen atoms in total. The normalized spacial score (nSPS) is 17.6. The van der Waals surface area contributed by atoms with Gasteiger partial charge in [-0.1, -0.05) is 26.8 Å². The van der Waals surface area contributed by atoms with Crippen LogP contribution in [0, 0.1) is 35.5 Å². The number of benzene rings is 1. The minimum Gasteiger partial charge on any atom is -0.356 e. The number of nitrogens with zero attached hydrogens (tertiary/aromatic N) is 1. The van der Waals surface area contributed by atoms with Crippen molar-refractivity contribution in [2.24, 2.45) is 17.3 Å². The molecule has 4 N–H and O–H groups in total. The first-order chi connectivity index (χ1) is 17.7. The maximum atomic E-state index is 14.2. The Morgan fingerprint density at radius 3 is 2.50 bits per heavy atom. The van der Waals surface area contributed by atoms with Crippen LogP contribution in [0.1, 0.15) is 68.1 Å². The van der Waals surface area contributed by atoms with E-state index in [9.17, 15) is 38.1 Å². The van der Waals surface area contributed by atoms with Crippen LogP contribution in [0.5, 0.6) is 5.75 Å². The summed E-state index contributed by atoms with van der Waals surface area (Å²) in [4.78, 5) is 45.1. The standard InChI is InChI=1S/C26H31F3N4O5/c1-13-5-6-17-19(22(13)38-37)20(26(27,28)29)21(33-17)18(34)10-15(11-25(2,3)4)24(36)32-16(12-30)9-14-7-8-31-23(14)35/h5-6,14-16,33,37H,7-11H2,1-4H3,(H,31,35)(H,32,36)/t14-,15-,16-/m0/s1. The monoisotopic (exact) mass is 536 g/mol. The Morgan fingerprint density at radius 1 is 1.29 bits per heavy atom. The molecule has 0 bridgehead atoms. The fourth-order valence-corrected chi connectivity index (χ4v) is 4.88. The van der Waals surface area contributed by atoms with Gasteiger partial charge in [-0.15, -0.1) is 0 Å². The first-order valence-electron chi connectivity index (χ1n) is 12.2. The predicted octanol–water partition coefficient (Wildman–Crippen LogP) is 4.51. The van der Waals surface area contributed by atoms with E-state index >= 15 is 0 Å². The smallest absolute Gasteiger partial charge is 0.356 e. The van der Waals surface area contributed by atoms with E-state index in [4.69, 9.17) is 0 Å². The van der Waals surface area contributed by atoms with E-state index in [1.165, 1.54) is 19.1 Å². The van der Waals surface area contributed by atoms with Crippen molar-refractivity contribution in [2.45, 2.75) is 65.6 Å². The molecule has 1 aliphatic heterocycles. The Labute approximate surface area is 217 Å². The number of alkyl halides is 3. The number of ketones is 1. The summed E-state index contributed by atoms with van der Waals surface area (Å²) in [5.74, 6) is -3.72. The molecule has 1 aromatic carbocycles. The van der Waals surface area contributed by atoms with Crippen molar-refractivity contribution >= 4 is 28.5 Å². The van der Waals surface area contributed by atoms with Crippen molar-refractivity contribution in [3.05, 3.63) is 29.0 Å². The number of carbonyl (C=O) groups is 3. The first-order valence-corrected chi connectivity index (χ1v) is 12.2. The largest absolute Gasteiger partial charge is 0.419 e. The minimum absolute atomic E-state index is 0.0634. The Kier molecular flexibility index (Phi) is 8.41. The van der Waals surface area contributed by atoms with Gasteiger partial charge in [0.15, 0.2) is 11.5 Å². The predicted molar refractivity (Wildman–Crippen MR) is 131 cm³/mol. The highest BCUT2D eigenvalue weighted by Gasteiger charge is 2.41. The second-order valence-electron chi connectivity index (χ2n) is 10.9. The summed E-state index contributed by atoms with van der Waals surface area (Å²) in [7, 11) is 0. The van der Waals surface area contributed by atoms with Crippen LogP contribution in [0.25, 0.3) is 10.9 Å². The van der Waals surface area contributed by atoms with Crippen LogP contribution in [0.4, 0.5) is 13.2 Å². The van der Waals surface area contributed by atoms with Crippen LogP contribution in [0.3, 0.4) is 0 Å². The summed E-state index contributed by atoms with van der Waals surface area (Å²) in [6, 6.07) is 3.73. The average Bonchev–Trinajstić information content (AvgIpc) is 3.40. The van der Waals surface area contributed by atoms with Crippen LogP contribution >= 0.6 is 0 Å². The van der Waals surface area contributed by atoms with Crippen molar-refractivity contribution in [3.8, 4) is 11.8 Å². The van der Waals surface area contributed by atoms with Gasteiger partial charge >= 0.3 is 6.18 Å². The van der Waals surface area contributed by atoms with Crippen molar-refractivity contribution in [1.29, 1.82) is 5.26 Å². The van der Waals surface area contributed by atoms with Crippen LogP contribution in [-0.2, 0) is 15.8 Å². The van der Waals surface area contributed by atoms with E-state index in [0.717, 1.165) is 0 Å². The summed E-state index contributed by atoms with van der Waals surface area (Å²) < 4.78 is 42.5. The zero-order valence-corrected chi connectivity index (χ0v) is 21.6. The number of aromatic nitrogens is 1. The third-order valence-corrected chi connectivity index (χ3v) is 6.58. The number of nitrogens with one attached hydrogen (secondary N) is 3. The summed E-state index contributed by atoms with van der Waals surface area (Å²) >= 11 is 0. The van der Waals surface area contributed by atoms with Crippen LogP contribution < -0.4 is 15.5 Å². The Hall–Kier alpha value is -3.59. The molecule has 1 fully saturated rings. The second-order valence-corrected chi connectivity index (χ2v) is 10.9. The van der Waals surface area contributed by atoms with Crippen LogP contribution in [0.15, 0.2) is 12.1 Å². The molecule has 38 heavy (non-hydrogen) atoms. The van der Waals surface area contributed by atoms with Gasteiger partial charge in [0.1, 0.15) is 6.04 Å². The Balaban J connectivity index is 1.93. The van der Waals surface area contributed by atoms with Gasteiger partial charge in [0.05, 0.1) is 28.2 Å². The topological polar surface area (TPSA) is 144 Å². The number of nitriles is 1. The zero-order valence-electron chi connectivity index (χ0n) is 21.6. The zero-order chi connectivity index (χ0) is 28.4. The average molecular weight is 537 g/mol. The molecule has 2 amide bonds. The van der Waals surface area contributed by atoms with Crippen molar-refractivity contribution in [3.63, 3.8) is 0 Å². The van der Waals surface area contributed by atoms with E-state index in [-0.39, 0.29) is 29.8 Å². The van der Waals surface area contributed by atoms with Crippen molar-refractivity contribution in [1.82, 2.24) is 15.6 Å². The number of amides is 2. The second kappa shape index (κ2) is 11.0. The number of hydrogen-bond acceptors (Lipinski definition) is 6. The number of rotatable bonds is 9. The van der Waals surface area contributed by atoms with Gasteiger partial charge in [-0.05, 0) is 43.2 Å². The van der Waals surface area contributed by atoms with Gasteiger partial charge in [0, 0.05) is 24.8 Å². The highest BCUT2D eigenvalue weighted by molar-refractivity contribution is 6.05. The lowest BCUT2D eigenvalue weighted by Gasteiger charge is -2.26. The number of Topliss-reactive ketones (excluding diaryl/α,β-unsaturated/α-hetero) is 1.